The molecule has 0 unspecified atom stereocenters. The second-order valence-corrected chi connectivity index (χ2v) is 6.69. The summed E-state index contributed by atoms with van der Waals surface area (Å²) in [6.45, 7) is -1.54. The van der Waals surface area contributed by atoms with Crippen LogP contribution in [0, 0.1) is 17.1 Å². The number of carbonyl (C=O) groups is 1. The van der Waals surface area contributed by atoms with E-state index in [1.807, 2.05) is 0 Å². The number of para-hydroxylation sites is 1. The van der Waals surface area contributed by atoms with E-state index in [9.17, 15) is 27.6 Å². The van der Waals surface area contributed by atoms with Crippen molar-refractivity contribution in [3.05, 3.63) is 65.0 Å². The number of carbonyl (C=O) groups excluding carboxylic acids is 1. The molecule has 3 aromatic rings. The minimum atomic E-state index is -4.62. The van der Waals surface area contributed by atoms with Gasteiger partial charge in [-0.25, -0.2) is 9.07 Å². The van der Waals surface area contributed by atoms with Crippen LogP contribution in [0.5, 0.6) is 5.75 Å². The number of nitrogens with zero attached hydrogens (tertiary/aromatic N) is 3. The molecule has 0 aliphatic carbocycles. The highest BCUT2D eigenvalue weighted by molar-refractivity contribution is 5.96. The highest BCUT2D eigenvalue weighted by Gasteiger charge is 2.31. The molecule has 0 saturated carbocycles. The van der Waals surface area contributed by atoms with Crippen molar-refractivity contribution < 1.29 is 27.1 Å². The summed E-state index contributed by atoms with van der Waals surface area (Å²) in [6.07, 6.45) is -4.62. The Hall–Kier alpha value is -4.07. The zero-order chi connectivity index (χ0) is 23.5. The number of amides is 1. The molecule has 0 bridgehead atoms. The highest BCUT2D eigenvalue weighted by Crippen LogP contribution is 2.31. The number of alkyl halides is 3. The molecule has 32 heavy (non-hydrogen) atoms. The first kappa shape index (κ1) is 22.6. The van der Waals surface area contributed by atoms with Gasteiger partial charge in [-0.05, 0) is 29.8 Å². The number of nitriles is 1. The lowest BCUT2D eigenvalue weighted by Gasteiger charge is -2.10. The molecule has 3 rings (SSSR count). The molecule has 0 aliphatic heterocycles. The molecule has 1 amide bonds. The average molecular weight is 447 g/mol. The average Bonchev–Trinajstić information content (AvgIpc) is 3.05. The number of hydrogen-bond donors (Lipinski definition) is 2. The van der Waals surface area contributed by atoms with Gasteiger partial charge in [-0.3, -0.25) is 4.79 Å². The van der Waals surface area contributed by atoms with Gasteiger partial charge in [-0.15, -0.1) is 0 Å². The molecule has 2 aromatic carbocycles. The van der Waals surface area contributed by atoms with Crippen molar-refractivity contribution in [3.63, 3.8) is 0 Å². The third-order valence-corrected chi connectivity index (χ3v) is 4.53. The van der Waals surface area contributed by atoms with Crippen LogP contribution >= 0.6 is 0 Å². The van der Waals surface area contributed by atoms with E-state index in [1.165, 1.54) is 19.2 Å². The maximum atomic E-state index is 14.7. The molecular weight excluding hydrogens is 430 g/mol. The zero-order valence-electron chi connectivity index (χ0n) is 16.7. The van der Waals surface area contributed by atoms with Crippen molar-refractivity contribution >= 4 is 11.7 Å². The fourth-order valence-corrected chi connectivity index (χ4v) is 3.03. The number of anilines is 1. The second-order valence-electron chi connectivity index (χ2n) is 6.69. The van der Waals surface area contributed by atoms with Gasteiger partial charge in [-0.2, -0.15) is 23.5 Å². The SMILES string of the molecule is COc1ccccc1C(=O)NCc1ccc(-c2nn(CC(F)(F)F)c(N)c2C#N)c(F)c1. The van der Waals surface area contributed by atoms with Gasteiger partial charge in [0, 0.05) is 12.1 Å². The molecule has 0 radical (unpaired) electrons. The van der Waals surface area contributed by atoms with E-state index in [2.05, 4.69) is 10.4 Å². The Morgan fingerprint density at radius 2 is 2.00 bits per heavy atom. The van der Waals surface area contributed by atoms with Crippen molar-refractivity contribution in [1.82, 2.24) is 15.1 Å². The van der Waals surface area contributed by atoms with Gasteiger partial charge in [0.15, 0.2) is 0 Å². The summed E-state index contributed by atoms with van der Waals surface area (Å²) in [4.78, 5) is 12.4. The van der Waals surface area contributed by atoms with Crippen molar-refractivity contribution in [1.29, 1.82) is 5.26 Å². The van der Waals surface area contributed by atoms with E-state index < -0.39 is 30.3 Å². The number of rotatable bonds is 6. The Morgan fingerprint density at radius 1 is 1.28 bits per heavy atom. The topological polar surface area (TPSA) is 106 Å². The molecule has 1 aromatic heterocycles. The standard InChI is InChI=1S/C21H17F4N5O2/c1-32-17-5-3-2-4-14(17)20(31)28-10-12-6-7-13(16(22)8-12)18-15(9-26)19(27)30(29-18)11-21(23,24)25/h2-8H,10-11,27H2,1H3,(H,28,31). The number of halogens is 4. The normalized spacial score (nSPS) is 11.1. The van der Waals surface area contributed by atoms with Crippen molar-refractivity contribution in [2.24, 2.45) is 0 Å². The predicted molar refractivity (Wildman–Crippen MR) is 107 cm³/mol. The molecule has 1 heterocycles. The molecule has 0 aliphatic rings. The van der Waals surface area contributed by atoms with Gasteiger partial charge in [0.25, 0.3) is 5.91 Å². The summed E-state index contributed by atoms with van der Waals surface area (Å²) in [5.74, 6) is -1.39. The first-order valence-electron chi connectivity index (χ1n) is 9.17. The number of methoxy groups -OCH3 is 1. The van der Waals surface area contributed by atoms with Crippen LogP contribution in [-0.4, -0.2) is 29.0 Å². The molecule has 166 valence electrons. The third kappa shape index (κ3) is 4.80. The molecule has 0 spiro atoms. The highest BCUT2D eigenvalue weighted by atomic mass is 19.4. The summed E-state index contributed by atoms with van der Waals surface area (Å²) in [5, 5.41) is 15.6. The van der Waals surface area contributed by atoms with Gasteiger partial charge in [0.2, 0.25) is 0 Å². The van der Waals surface area contributed by atoms with E-state index in [4.69, 9.17) is 10.5 Å². The molecule has 3 N–H and O–H groups in total. The van der Waals surface area contributed by atoms with Crippen LogP contribution in [-0.2, 0) is 13.1 Å². The van der Waals surface area contributed by atoms with Crippen LogP contribution in [0.15, 0.2) is 42.5 Å². The Balaban J connectivity index is 1.82. The summed E-state index contributed by atoms with van der Waals surface area (Å²) in [6, 6.07) is 12.1. The first-order valence-corrected chi connectivity index (χ1v) is 9.17. The number of nitrogens with one attached hydrogen (secondary N) is 1. The predicted octanol–water partition coefficient (Wildman–Crippen LogP) is 3.64. The number of benzene rings is 2. The lowest BCUT2D eigenvalue weighted by atomic mass is 10.0. The van der Waals surface area contributed by atoms with Crippen LogP contribution in [0.4, 0.5) is 23.4 Å². The van der Waals surface area contributed by atoms with Gasteiger partial charge in [0.05, 0.1) is 12.7 Å². The largest absolute Gasteiger partial charge is 0.496 e. The van der Waals surface area contributed by atoms with E-state index >= 15 is 0 Å². The Bertz CT molecular complexity index is 1200. The van der Waals surface area contributed by atoms with Crippen LogP contribution < -0.4 is 15.8 Å². The van der Waals surface area contributed by atoms with Crippen molar-refractivity contribution in [3.8, 4) is 23.1 Å². The number of nitrogens with two attached hydrogens (primary N) is 1. The molecule has 0 atom stereocenters. The van der Waals surface area contributed by atoms with Crippen molar-refractivity contribution in [2.75, 3.05) is 12.8 Å². The summed E-state index contributed by atoms with van der Waals surface area (Å²) in [7, 11) is 1.43. The fourth-order valence-electron chi connectivity index (χ4n) is 3.03. The maximum absolute atomic E-state index is 14.7. The van der Waals surface area contributed by atoms with Gasteiger partial charge in [-0.1, -0.05) is 18.2 Å². The lowest BCUT2D eigenvalue weighted by molar-refractivity contribution is -0.142. The maximum Gasteiger partial charge on any atom is 0.408 e. The molecule has 11 heteroatoms. The monoisotopic (exact) mass is 447 g/mol. The smallest absolute Gasteiger partial charge is 0.408 e. The molecule has 7 nitrogen and oxygen atoms in total. The lowest BCUT2D eigenvalue weighted by Crippen LogP contribution is -2.23. The van der Waals surface area contributed by atoms with Crippen LogP contribution in [0.2, 0.25) is 0 Å². The number of ether oxygens (including phenoxy) is 1. The molecule has 0 saturated heterocycles. The number of aromatic nitrogens is 2. The van der Waals surface area contributed by atoms with E-state index in [0.29, 0.717) is 21.6 Å². The van der Waals surface area contributed by atoms with E-state index in [-0.39, 0.29) is 23.4 Å². The minimum Gasteiger partial charge on any atom is -0.496 e. The minimum absolute atomic E-state index is 0.0240. The summed E-state index contributed by atoms with van der Waals surface area (Å²) >= 11 is 0. The van der Waals surface area contributed by atoms with E-state index in [1.54, 1.807) is 30.3 Å². The second kappa shape index (κ2) is 8.97. The van der Waals surface area contributed by atoms with Crippen molar-refractivity contribution in [2.45, 2.75) is 19.3 Å². The number of nitrogen functional groups attached to an aromatic ring is 1. The van der Waals surface area contributed by atoms with Crippen LogP contribution in [0.1, 0.15) is 21.5 Å². The van der Waals surface area contributed by atoms with Gasteiger partial charge >= 0.3 is 6.18 Å². The Morgan fingerprint density at radius 3 is 2.62 bits per heavy atom. The summed E-state index contributed by atoms with van der Waals surface area (Å²) in [5.41, 5.74) is 5.45. The number of hydrogen-bond acceptors (Lipinski definition) is 5. The fraction of sp³-hybridized carbons (Fsp3) is 0.190. The zero-order valence-corrected chi connectivity index (χ0v) is 16.7. The van der Waals surface area contributed by atoms with Crippen LogP contribution in [0.25, 0.3) is 11.3 Å². The van der Waals surface area contributed by atoms with E-state index in [0.717, 1.165) is 6.07 Å². The van der Waals surface area contributed by atoms with Gasteiger partial charge < -0.3 is 15.8 Å². The van der Waals surface area contributed by atoms with Gasteiger partial charge in [0.1, 0.15) is 41.3 Å². The Labute approximate surface area is 180 Å². The third-order valence-electron chi connectivity index (χ3n) is 4.53. The first-order chi connectivity index (χ1) is 15.1. The molecule has 0 fully saturated rings. The quantitative estimate of drug-likeness (QED) is 0.561. The Kier molecular flexibility index (Phi) is 6.34. The summed E-state index contributed by atoms with van der Waals surface area (Å²) < 4.78 is 58.4. The van der Waals surface area contributed by atoms with Crippen LogP contribution in [0.3, 0.4) is 0 Å². The molecular formula is C21H17F4N5O2.